The normalized spacial score (nSPS) is 10.7. The van der Waals surface area contributed by atoms with Gasteiger partial charge >= 0.3 is 0 Å². The van der Waals surface area contributed by atoms with E-state index >= 15 is 0 Å². The molecule has 2 aromatic rings. The Morgan fingerprint density at radius 3 is 2.53 bits per heavy atom. The van der Waals surface area contributed by atoms with Crippen LogP contribution in [-0.2, 0) is 0 Å². The van der Waals surface area contributed by atoms with Crippen molar-refractivity contribution in [3.05, 3.63) is 35.7 Å². The van der Waals surface area contributed by atoms with Crippen LogP contribution in [0, 0.1) is 17.5 Å². The summed E-state index contributed by atoms with van der Waals surface area (Å²) in [6.45, 7) is 0. The predicted octanol–water partition coefficient (Wildman–Crippen LogP) is 2.69. The average molecular weight is 212 g/mol. The molecule has 5 heteroatoms. The summed E-state index contributed by atoms with van der Waals surface area (Å²) in [5, 5.41) is 2.53. The molecule has 0 atom stereocenters. The van der Waals surface area contributed by atoms with Crippen LogP contribution in [0.25, 0.3) is 10.9 Å². The van der Waals surface area contributed by atoms with Gasteiger partial charge in [0.1, 0.15) is 11.3 Å². The van der Waals surface area contributed by atoms with Crippen LogP contribution in [0.1, 0.15) is 0 Å². The number of hydrogen-bond donors (Lipinski definition) is 1. The van der Waals surface area contributed by atoms with E-state index in [1.807, 2.05) is 0 Å². The topological polar surface area (TPSA) is 24.9 Å². The fourth-order valence-corrected chi connectivity index (χ4v) is 1.33. The number of halogens is 3. The quantitative estimate of drug-likeness (QED) is 0.735. The van der Waals surface area contributed by atoms with Crippen LogP contribution >= 0.6 is 0 Å². The van der Waals surface area contributed by atoms with Gasteiger partial charge in [-0.15, -0.1) is 0 Å². The lowest BCUT2D eigenvalue weighted by Crippen LogP contribution is -1.97. The lowest BCUT2D eigenvalue weighted by Gasteiger charge is -2.04. The summed E-state index contributed by atoms with van der Waals surface area (Å²) < 4.78 is 39.3. The number of nitrogens with one attached hydrogen (secondary N) is 1. The van der Waals surface area contributed by atoms with Gasteiger partial charge in [-0.2, -0.15) is 0 Å². The monoisotopic (exact) mass is 212 g/mol. The summed E-state index contributed by atoms with van der Waals surface area (Å²) >= 11 is 0. The highest BCUT2D eigenvalue weighted by atomic mass is 19.2. The Bertz CT molecular complexity index is 526. The molecular formula is C10H7F3N2. The maximum absolute atomic E-state index is 13.2. The van der Waals surface area contributed by atoms with Crippen molar-refractivity contribution in [3.63, 3.8) is 0 Å². The van der Waals surface area contributed by atoms with Gasteiger partial charge in [0, 0.05) is 18.5 Å². The SMILES string of the molecule is CNc1ccc2c(F)c(F)cc(F)c2n1. The molecule has 15 heavy (non-hydrogen) atoms. The number of rotatable bonds is 1. The third-order valence-electron chi connectivity index (χ3n) is 2.08. The number of fused-ring (bicyclic) bond motifs is 1. The maximum Gasteiger partial charge on any atom is 0.168 e. The minimum absolute atomic E-state index is 0.161. The highest BCUT2D eigenvalue weighted by molar-refractivity contribution is 5.81. The average Bonchev–Trinajstić information content (AvgIpc) is 2.25. The molecule has 78 valence electrons. The number of hydrogen-bond acceptors (Lipinski definition) is 2. The van der Waals surface area contributed by atoms with Crippen molar-refractivity contribution in [2.24, 2.45) is 0 Å². The Labute approximate surface area is 83.7 Å². The molecule has 0 aliphatic rings. The Morgan fingerprint density at radius 1 is 1.13 bits per heavy atom. The molecule has 0 saturated carbocycles. The summed E-state index contributed by atoms with van der Waals surface area (Å²) in [5.41, 5.74) is -0.180. The minimum atomic E-state index is -1.21. The van der Waals surface area contributed by atoms with Crippen molar-refractivity contribution in [1.82, 2.24) is 4.98 Å². The van der Waals surface area contributed by atoms with Crippen molar-refractivity contribution in [1.29, 1.82) is 0 Å². The predicted molar refractivity (Wildman–Crippen MR) is 51.2 cm³/mol. The summed E-state index contributed by atoms with van der Waals surface area (Å²) in [4.78, 5) is 3.80. The Hall–Kier alpha value is -1.78. The third kappa shape index (κ3) is 1.49. The number of pyridine rings is 1. The van der Waals surface area contributed by atoms with Gasteiger partial charge < -0.3 is 5.32 Å². The van der Waals surface area contributed by atoms with Crippen LogP contribution in [0.2, 0.25) is 0 Å². The Morgan fingerprint density at radius 2 is 1.87 bits per heavy atom. The van der Waals surface area contributed by atoms with Crippen LogP contribution in [0.15, 0.2) is 18.2 Å². The van der Waals surface area contributed by atoms with E-state index in [1.54, 1.807) is 7.05 Å². The molecule has 0 fully saturated rings. The number of nitrogens with zero attached hydrogens (tertiary/aromatic N) is 1. The van der Waals surface area contributed by atoms with E-state index in [1.165, 1.54) is 12.1 Å². The molecule has 1 aromatic carbocycles. The summed E-state index contributed by atoms with van der Waals surface area (Å²) in [7, 11) is 1.60. The first-order valence-electron chi connectivity index (χ1n) is 4.25. The minimum Gasteiger partial charge on any atom is -0.373 e. The lowest BCUT2D eigenvalue weighted by molar-refractivity contribution is 0.505. The van der Waals surface area contributed by atoms with Crippen molar-refractivity contribution >= 4 is 16.7 Å². The fraction of sp³-hybridized carbons (Fsp3) is 0.100. The first-order chi connectivity index (χ1) is 7.13. The molecule has 2 rings (SSSR count). The van der Waals surface area contributed by atoms with Gasteiger partial charge in [-0.25, -0.2) is 18.2 Å². The summed E-state index contributed by atoms with van der Waals surface area (Å²) in [6, 6.07) is 3.23. The largest absolute Gasteiger partial charge is 0.373 e. The smallest absolute Gasteiger partial charge is 0.168 e. The van der Waals surface area contributed by atoms with E-state index < -0.39 is 17.5 Å². The molecule has 0 unspecified atom stereocenters. The second kappa shape index (κ2) is 3.42. The highest BCUT2D eigenvalue weighted by Gasteiger charge is 2.13. The number of benzene rings is 1. The Balaban J connectivity index is 2.84. The fourth-order valence-electron chi connectivity index (χ4n) is 1.33. The molecule has 1 aromatic heterocycles. The van der Waals surface area contributed by atoms with Gasteiger partial charge in [0.15, 0.2) is 17.5 Å². The van der Waals surface area contributed by atoms with Gasteiger partial charge in [-0.1, -0.05) is 0 Å². The third-order valence-corrected chi connectivity index (χ3v) is 2.08. The van der Waals surface area contributed by atoms with Gasteiger partial charge in [-0.3, -0.25) is 0 Å². The molecule has 1 heterocycles. The highest BCUT2D eigenvalue weighted by Crippen LogP contribution is 2.23. The maximum atomic E-state index is 13.2. The molecule has 2 nitrogen and oxygen atoms in total. The molecule has 0 aliphatic heterocycles. The molecule has 0 amide bonds. The standard InChI is InChI=1S/C10H7F3N2/c1-14-8-3-2-5-9(13)6(11)4-7(12)10(5)15-8/h2-4H,1H3,(H,14,15). The van der Waals surface area contributed by atoms with Gasteiger partial charge in [0.25, 0.3) is 0 Å². The van der Waals surface area contributed by atoms with Crippen molar-refractivity contribution in [2.45, 2.75) is 0 Å². The van der Waals surface area contributed by atoms with Crippen molar-refractivity contribution in [2.75, 3.05) is 12.4 Å². The van der Waals surface area contributed by atoms with Crippen molar-refractivity contribution < 1.29 is 13.2 Å². The van der Waals surface area contributed by atoms with Crippen molar-refractivity contribution in [3.8, 4) is 0 Å². The number of anilines is 1. The van der Waals surface area contributed by atoms with E-state index in [2.05, 4.69) is 10.3 Å². The summed E-state index contributed by atoms with van der Waals surface area (Å²) in [5.74, 6) is -2.77. The van der Waals surface area contributed by atoms with E-state index in [0.717, 1.165) is 0 Å². The first-order valence-corrected chi connectivity index (χ1v) is 4.25. The zero-order valence-corrected chi connectivity index (χ0v) is 7.81. The lowest BCUT2D eigenvalue weighted by atomic mass is 10.2. The Kier molecular flexibility index (Phi) is 2.22. The molecule has 1 N–H and O–H groups in total. The van der Waals surface area contributed by atoms with Gasteiger partial charge in [-0.05, 0) is 12.1 Å². The van der Waals surface area contributed by atoms with Gasteiger partial charge in [0.05, 0.1) is 0 Å². The zero-order chi connectivity index (χ0) is 11.0. The molecule has 0 radical (unpaired) electrons. The van der Waals surface area contributed by atoms with Crippen LogP contribution in [0.4, 0.5) is 19.0 Å². The molecule has 0 bridgehead atoms. The second-order valence-electron chi connectivity index (χ2n) is 3.00. The van der Waals surface area contributed by atoms with Gasteiger partial charge in [0.2, 0.25) is 0 Å². The van der Waals surface area contributed by atoms with E-state index in [-0.39, 0.29) is 10.9 Å². The first kappa shape index (κ1) is 9.76. The van der Waals surface area contributed by atoms with E-state index in [0.29, 0.717) is 11.9 Å². The van der Waals surface area contributed by atoms with Crippen LogP contribution in [-0.4, -0.2) is 12.0 Å². The zero-order valence-electron chi connectivity index (χ0n) is 7.81. The van der Waals surface area contributed by atoms with E-state index in [9.17, 15) is 13.2 Å². The van der Waals surface area contributed by atoms with Crippen LogP contribution < -0.4 is 5.32 Å². The molecular weight excluding hydrogens is 205 g/mol. The second-order valence-corrected chi connectivity index (χ2v) is 3.00. The van der Waals surface area contributed by atoms with Crippen LogP contribution in [0.3, 0.4) is 0 Å². The summed E-state index contributed by atoms with van der Waals surface area (Å²) in [6.07, 6.45) is 0. The van der Waals surface area contributed by atoms with E-state index in [4.69, 9.17) is 0 Å². The molecule has 0 aliphatic carbocycles. The molecule has 0 saturated heterocycles. The number of aromatic nitrogens is 1. The van der Waals surface area contributed by atoms with Crippen LogP contribution in [0.5, 0.6) is 0 Å². The molecule has 0 spiro atoms.